The second-order valence-electron chi connectivity index (χ2n) is 6.13. The van der Waals surface area contributed by atoms with Crippen LogP contribution in [0, 0.1) is 6.92 Å². The minimum absolute atomic E-state index is 0.323. The SMILES string of the molecule is COc1cc(C(=O)O[C@@H](C(N)=O)[C@]2(C)CO2)c2cccc(C)c2c1. The van der Waals surface area contributed by atoms with E-state index in [4.69, 9.17) is 19.9 Å². The Balaban J connectivity index is 2.03. The molecule has 0 aliphatic carbocycles. The highest BCUT2D eigenvalue weighted by atomic mass is 16.6. The average molecular weight is 329 g/mol. The van der Waals surface area contributed by atoms with E-state index in [0.717, 1.165) is 16.3 Å². The molecule has 1 heterocycles. The lowest BCUT2D eigenvalue weighted by molar-refractivity contribution is -0.129. The van der Waals surface area contributed by atoms with E-state index in [1.807, 2.05) is 31.2 Å². The number of carbonyl (C=O) groups is 2. The molecule has 2 aromatic carbocycles. The summed E-state index contributed by atoms with van der Waals surface area (Å²) in [5, 5.41) is 1.61. The summed E-state index contributed by atoms with van der Waals surface area (Å²) in [5.74, 6) is -0.829. The molecule has 0 saturated carbocycles. The molecule has 24 heavy (non-hydrogen) atoms. The Kier molecular flexibility index (Phi) is 3.93. The molecule has 1 saturated heterocycles. The topological polar surface area (TPSA) is 91.2 Å². The summed E-state index contributed by atoms with van der Waals surface area (Å²) in [6, 6.07) is 9.09. The van der Waals surface area contributed by atoms with Crippen LogP contribution in [0.2, 0.25) is 0 Å². The molecule has 2 atom stereocenters. The zero-order valence-corrected chi connectivity index (χ0v) is 13.8. The van der Waals surface area contributed by atoms with Crippen LogP contribution in [0.1, 0.15) is 22.8 Å². The molecular weight excluding hydrogens is 310 g/mol. The normalized spacial score (nSPS) is 20.5. The maximum atomic E-state index is 12.7. The fraction of sp³-hybridized carbons (Fsp3) is 0.333. The van der Waals surface area contributed by atoms with Gasteiger partial charge in [0.1, 0.15) is 11.4 Å². The highest BCUT2D eigenvalue weighted by molar-refractivity contribution is 6.06. The zero-order chi connectivity index (χ0) is 17.5. The minimum Gasteiger partial charge on any atom is -0.497 e. The maximum absolute atomic E-state index is 12.7. The third-order valence-corrected chi connectivity index (χ3v) is 4.28. The highest BCUT2D eigenvalue weighted by Gasteiger charge is 2.52. The van der Waals surface area contributed by atoms with Crippen LogP contribution in [-0.2, 0) is 14.3 Å². The van der Waals surface area contributed by atoms with Gasteiger partial charge >= 0.3 is 5.97 Å². The van der Waals surface area contributed by atoms with Gasteiger partial charge in [0.05, 0.1) is 19.3 Å². The summed E-state index contributed by atoms with van der Waals surface area (Å²) in [7, 11) is 1.53. The lowest BCUT2D eigenvalue weighted by atomic mass is 10.00. The summed E-state index contributed by atoms with van der Waals surface area (Å²) in [4.78, 5) is 24.3. The van der Waals surface area contributed by atoms with Gasteiger partial charge in [0.25, 0.3) is 5.91 Å². The largest absolute Gasteiger partial charge is 0.497 e. The number of amides is 1. The molecule has 2 aromatic rings. The Morgan fingerprint density at radius 3 is 2.58 bits per heavy atom. The van der Waals surface area contributed by atoms with E-state index < -0.39 is 23.6 Å². The van der Waals surface area contributed by atoms with Crippen LogP contribution in [-0.4, -0.2) is 37.3 Å². The number of carbonyl (C=O) groups excluding carboxylic acids is 2. The standard InChI is InChI=1S/C18H19NO5/c1-10-5-4-6-12-13(10)7-11(22-3)8-14(12)17(21)24-15(16(19)20)18(2)9-23-18/h4-8,15H,9H2,1-3H3,(H2,19,20)/t15-,18-/m0/s1. The van der Waals surface area contributed by atoms with Crippen LogP contribution in [0.25, 0.3) is 10.8 Å². The number of fused-ring (bicyclic) bond motifs is 1. The van der Waals surface area contributed by atoms with E-state index >= 15 is 0 Å². The predicted molar refractivity (Wildman–Crippen MR) is 88.0 cm³/mol. The predicted octanol–water partition coefficient (Wildman–Crippen LogP) is 1.96. The van der Waals surface area contributed by atoms with Crippen LogP contribution in [0.15, 0.2) is 30.3 Å². The van der Waals surface area contributed by atoms with Crippen LogP contribution in [0.3, 0.4) is 0 Å². The second kappa shape index (κ2) is 5.79. The molecular formula is C18H19NO5. The fourth-order valence-electron chi connectivity index (χ4n) is 2.72. The third kappa shape index (κ3) is 2.80. The number of primary amides is 1. The van der Waals surface area contributed by atoms with E-state index in [1.165, 1.54) is 7.11 Å². The van der Waals surface area contributed by atoms with E-state index in [9.17, 15) is 9.59 Å². The Hall–Kier alpha value is -2.60. The number of nitrogens with two attached hydrogens (primary N) is 1. The van der Waals surface area contributed by atoms with Crippen LogP contribution in [0.4, 0.5) is 0 Å². The van der Waals surface area contributed by atoms with Crippen molar-refractivity contribution < 1.29 is 23.8 Å². The van der Waals surface area contributed by atoms with Gasteiger partial charge in [-0.05, 0) is 42.3 Å². The van der Waals surface area contributed by atoms with Gasteiger partial charge in [0.15, 0.2) is 0 Å². The van der Waals surface area contributed by atoms with Crippen molar-refractivity contribution in [1.29, 1.82) is 0 Å². The first kappa shape index (κ1) is 16.3. The Labute approximate surface area is 139 Å². The lowest BCUT2D eigenvalue weighted by Crippen LogP contribution is -2.43. The number of methoxy groups -OCH3 is 1. The zero-order valence-electron chi connectivity index (χ0n) is 13.8. The Morgan fingerprint density at radius 1 is 1.29 bits per heavy atom. The summed E-state index contributed by atoms with van der Waals surface area (Å²) in [6.45, 7) is 3.96. The molecule has 3 rings (SSSR count). The Bertz CT molecular complexity index is 826. The molecule has 0 spiro atoms. The van der Waals surface area contributed by atoms with Crippen molar-refractivity contribution in [3.05, 3.63) is 41.5 Å². The molecule has 6 nitrogen and oxygen atoms in total. The average Bonchev–Trinajstić information content (AvgIpc) is 3.30. The molecule has 1 amide bonds. The monoisotopic (exact) mass is 329 g/mol. The van der Waals surface area contributed by atoms with Crippen molar-refractivity contribution in [3.63, 3.8) is 0 Å². The molecule has 6 heteroatoms. The highest BCUT2D eigenvalue weighted by Crippen LogP contribution is 2.34. The Morgan fingerprint density at radius 2 is 2.00 bits per heavy atom. The van der Waals surface area contributed by atoms with E-state index in [2.05, 4.69) is 0 Å². The number of rotatable bonds is 5. The molecule has 126 valence electrons. The van der Waals surface area contributed by atoms with E-state index in [0.29, 0.717) is 17.9 Å². The molecule has 2 N–H and O–H groups in total. The number of esters is 1. The molecule has 0 bridgehead atoms. The summed E-state index contributed by atoms with van der Waals surface area (Å²) in [6.07, 6.45) is -1.13. The number of aryl methyl sites for hydroxylation is 1. The van der Waals surface area contributed by atoms with Gasteiger partial charge in [-0.15, -0.1) is 0 Å². The van der Waals surface area contributed by atoms with Crippen molar-refractivity contribution in [3.8, 4) is 5.75 Å². The van der Waals surface area contributed by atoms with Gasteiger partial charge in [-0.3, -0.25) is 4.79 Å². The van der Waals surface area contributed by atoms with Crippen molar-refractivity contribution in [1.82, 2.24) is 0 Å². The molecule has 1 aliphatic rings. The quantitative estimate of drug-likeness (QED) is 0.669. The number of epoxide rings is 1. The van der Waals surface area contributed by atoms with Crippen molar-refractivity contribution in [2.24, 2.45) is 5.73 Å². The summed E-state index contributed by atoms with van der Waals surface area (Å²) < 4.78 is 15.9. The fourth-order valence-corrected chi connectivity index (χ4v) is 2.72. The van der Waals surface area contributed by atoms with Gasteiger partial charge in [-0.2, -0.15) is 0 Å². The third-order valence-electron chi connectivity index (χ3n) is 4.28. The molecule has 0 unspecified atom stereocenters. The number of benzene rings is 2. The number of hydrogen-bond donors (Lipinski definition) is 1. The first-order valence-electron chi connectivity index (χ1n) is 7.57. The number of ether oxygens (including phenoxy) is 3. The number of hydrogen-bond acceptors (Lipinski definition) is 5. The van der Waals surface area contributed by atoms with Crippen LogP contribution in [0.5, 0.6) is 5.75 Å². The second-order valence-corrected chi connectivity index (χ2v) is 6.13. The van der Waals surface area contributed by atoms with Crippen molar-refractivity contribution in [2.45, 2.75) is 25.6 Å². The van der Waals surface area contributed by atoms with Crippen LogP contribution < -0.4 is 10.5 Å². The van der Waals surface area contributed by atoms with Gasteiger partial charge in [-0.1, -0.05) is 18.2 Å². The van der Waals surface area contributed by atoms with E-state index in [1.54, 1.807) is 13.0 Å². The van der Waals surface area contributed by atoms with Gasteiger partial charge in [0, 0.05) is 0 Å². The molecule has 0 aromatic heterocycles. The van der Waals surface area contributed by atoms with Crippen molar-refractivity contribution >= 4 is 22.6 Å². The minimum atomic E-state index is -1.13. The van der Waals surface area contributed by atoms with Gasteiger partial charge in [0.2, 0.25) is 6.10 Å². The van der Waals surface area contributed by atoms with Crippen LogP contribution >= 0.6 is 0 Å². The summed E-state index contributed by atoms with van der Waals surface area (Å²) >= 11 is 0. The molecule has 1 fully saturated rings. The molecule has 1 aliphatic heterocycles. The van der Waals surface area contributed by atoms with E-state index in [-0.39, 0.29) is 0 Å². The molecule has 0 radical (unpaired) electrons. The lowest BCUT2D eigenvalue weighted by Gasteiger charge is -2.19. The maximum Gasteiger partial charge on any atom is 0.339 e. The van der Waals surface area contributed by atoms with Gasteiger partial charge < -0.3 is 19.9 Å². The van der Waals surface area contributed by atoms with Crippen molar-refractivity contribution in [2.75, 3.05) is 13.7 Å². The summed E-state index contributed by atoms with van der Waals surface area (Å²) in [5.41, 5.74) is 5.85. The first-order valence-corrected chi connectivity index (χ1v) is 7.57. The smallest absolute Gasteiger partial charge is 0.339 e. The first-order chi connectivity index (χ1) is 11.4. The van der Waals surface area contributed by atoms with Gasteiger partial charge in [-0.25, -0.2) is 4.79 Å².